The highest BCUT2D eigenvalue weighted by molar-refractivity contribution is 5.74. The monoisotopic (exact) mass is 270 g/mol. The van der Waals surface area contributed by atoms with Crippen molar-refractivity contribution in [2.75, 3.05) is 0 Å². The maximum absolute atomic E-state index is 11.5. The average Bonchev–Trinajstić information content (AvgIpc) is 2.40. The molecule has 19 heavy (non-hydrogen) atoms. The molecule has 1 rings (SSSR count). The largest absolute Gasteiger partial charge is 0.481 e. The van der Waals surface area contributed by atoms with E-state index in [1.807, 2.05) is 0 Å². The van der Waals surface area contributed by atoms with Gasteiger partial charge in [0, 0.05) is 0 Å². The predicted molar refractivity (Wildman–Crippen MR) is 77.2 cm³/mol. The summed E-state index contributed by atoms with van der Waals surface area (Å²) in [6.07, 6.45) is 11.7. The van der Waals surface area contributed by atoms with Gasteiger partial charge in [-0.2, -0.15) is 0 Å². The molecule has 2 N–H and O–H groups in total. The molecule has 1 aliphatic rings. The number of aliphatic carboxylic acids is 1. The summed E-state index contributed by atoms with van der Waals surface area (Å²) in [5.74, 6) is -0.648. The van der Waals surface area contributed by atoms with Gasteiger partial charge in [0.15, 0.2) is 0 Å². The summed E-state index contributed by atoms with van der Waals surface area (Å²) in [7, 11) is 0. The van der Waals surface area contributed by atoms with E-state index in [0.717, 1.165) is 19.3 Å². The van der Waals surface area contributed by atoms with Gasteiger partial charge in [0.25, 0.3) is 0 Å². The molecule has 0 saturated heterocycles. The number of carboxylic acid groups (broad SMARTS) is 1. The number of carboxylic acids is 1. The standard InChI is InChI=1S/C16H30O3/c1-2-3-4-5-6-7-8-11-16(15(18)19)12-9-14(17)10-13-16/h14,17H,2-13H2,1H3,(H,18,19). The van der Waals surface area contributed by atoms with Crippen LogP contribution in [0.1, 0.15) is 84.0 Å². The molecule has 0 aromatic heterocycles. The van der Waals surface area contributed by atoms with Crippen LogP contribution in [0.3, 0.4) is 0 Å². The molecular weight excluding hydrogens is 240 g/mol. The minimum atomic E-state index is -0.648. The van der Waals surface area contributed by atoms with Gasteiger partial charge >= 0.3 is 5.97 Å². The van der Waals surface area contributed by atoms with Crippen LogP contribution in [0.4, 0.5) is 0 Å². The number of unbranched alkanes of at least 4 members (excludes halogenated alkanes) is 6. The van der Waals surface area contributed by atoms with Gasteiger partial charge in [-0.1, -0.05) is 51.9 Å². The van der Waals surface area contributed by atoms with Crippen LogP contribution < -0.4 is 0 Å². The Morgan fingerprint density at radius 3 is 2.11 bits per heavy atom. The maximum Gasteiger partial charge on any atom is 0.309 e. The van der Waals surface area contributed by atoms with Crippen molar-refractivity contribution >= 4 is 5.97 Å². The first-order valence-electron chi connectivity index (χ1n) is 8.02. The fourth-order valence-corrected chi connectivity index (χ4v) is 3.15. The molecule has 0 aromatic rings. The molecule has 0 unspecified atom stereocenters. The summed E-state index contributed by atoms with van der Waals surface area (Å²) >= 11 is 0. The summed E-state index contributed by atoms with van der Waals surface area (Å²) in [6.45, 7) is 2.22. The molecule has 0 radical (unpaired) electrons. The van der Waals surface area contributed by atoms with Crippen LogP contribution in [0.25, 0.3) is 0 Å². The summed E-state index contributed by atoms with van der Waals surface area (Å²) in [4.78, 5) is 11.5. The Morgan fingerprint density at radius 2 is 1.58 bits per heavy atom. The molecule has 0 heterocycles. The van der Waals surface area contributed by atoms with Crippen LogP contribution in [0.5, 0.6) is 0 Å². The van der Waals surface area contributed by atoms with Crippen LogP contribution in [0, 0.1) is 5.41 Å². The molecule has 1 saturated carbocycles. The summed E-state index contributed by atoms with van der Waals surface area (Å²) in [6, 6.07) is 0. The Balaban J connectivity index is 2.22. The zero-order chi connectivity index (χ0) is 14.1. The van der Waals surface area contributed by atoms with Crippen LogP contribution in [0.2, 0.25) is 0 Å². The Bertz CT molecular complexity index is 255. The zero-order valence-corrected chi connectivity index (χ0v) is 12.4. The number of carbonyl (C=O) groups is 1. The highest BCUT2D eigenvalue weighted by Gasteiger charge is 2.40. The van der Waals surface area contributed by atoms with Gasteiger partial charge in [0.05, 0.1) is 11.5 Å². The number of hydrogen-bond acceptors (Lipinski definition) is 2. The molecule has 0 amide bonds. The number of hydrogen-bond donors (Lipinski definition) is 2. The second kappa shape index (κ2) is 8.57. The first-order chi connectivity index (χ1) is 9.10. The lowest BCUT2D eigenvalue weighted by Crippen LogP contribution is -2.36. The molecule has 0 bridgehead atoms. The number of aliphatic hydroxyl groups excluding tert-OH is 1. The molecule has 0 aliphatic heterocycles. The predicted octanol–water partition coefficient (Wildman–Crippen LogP) is 4.13. The minimum Gasteiger partial charge on any atom is -0.481 e. The number of rotatable bonds is 9. The summed E-state index contributed by atoms with van der Waals surface area (Å²) in [5, 5.41) is 19.0. The van der Waals surface area contributed by atoms with Gasteiger partial charge in [-0.15, -0.1) is 0 Å². The Hall–Kier alpha value is -0.570. The SMILES string of the molecule is CCCCCCCCCC1(C(=O)O)CCC(O)CC1. The van der Waals surface area contributed by atoms with Gasteiger partial charge in [-0.05, 0) is 32.1 Å². The Labute approximate surface area is 117 Å². The molecule has 0 atom stereocenters. The molecule has 3 heteroatoms. The van der Waals surface area contributed by atoms with Crippen molar-refractivity contribution < 1.29 is 15.0 Å². The first-order valence-corrected chi connectivity index (χ1v) is 8.02. The van der Waals surface area contributed by atoms with Crippen LogP contribution >= 0.6 is 0 Å². The number of aliphatic hydroxyl groups is 1. The van der Waals surface area contributed by atoms with Crippen molar-refractivity contribution in [2.45, 2.75) is 90.1 Å². The fourth-order valence-electron chi connectivity index (χ4n) is 3.15. The molecule has 112 valence electrons. The smallest absolute Gasteiger partial charge is 0.309 e. The van der Waals surface area contributed by atoms with E-state index in [9.17, 15) is 15.0 Å². The van der Waals surface area contributed by atoms with E-state index in [1.165, 1.54) is 32.1 Å². The van der Waals surface area contributed by atoms with Gasteiger partial charge < -0.3 is 10.2 Å². The van der Waals surface area contributed by atoms with Gasteiger partial charge in [-0.25, -0.2) is 0 Å². The molecule has 3 nitrogen and oxygen atoms in total. The maximum atomic E-state index is 11.5. The van der Waals surface area contributed by atoms with E-state index >= 15 is 0 Å². The van der Waals surface area contributed by atoms with Gasteiger partial charge in [0.2, 0.25) is 0 Å². The minimum absolute atomic E-state index is 0.276. The molecule has 0 spiro atoms. The first kappa shape index (κ1) is 16.5. The third-order valence-corrected chi connectivity index (χ3v) is 4.62. The van der Waals surface area contributed by atoms with Crippen LogP contribution in [-0.2, 0) is 4.79 Å². The van der Waals surface area contributed by atoms with Crippen LogP contribution in [-0.4, -0.2) is 22.3 Å². The molecule has 0 aromatic carbocycles. The summed E-state index contributed by atoms with van der Waals surface area (Å²) in [5.41, 5.74) is -0.539. The highest BCUT2D eigenvalue weighted by atomic mass is 16.4. The van der Waals surface area contributed by atoms with Crippen LogP contribution in [0.15, 0.2) is 0 Å². The quantitative estimate of drug-likeness (QED) is 0.619. The molecular formula is C16H30O3. The van der Waals surface area contributed by atoms with Crippen molar-refractivity contribution in [3.8, 4) is 0 Å². The van der Waals surface area contributed by atoms with E-state index < -0.39 is 11.4 Å². The van der Waals surface area contributed by atoms with Crippen molar-refractivity contribution in [1.29, 1.82) is 0 Å². The zero-order valence-electron chi connectivity index (χ0n) is 12.4. The third-order valence-electron chi connectivity index (χ3n) is 4.62. The fraction of sp³-hybridized carbons (Fsp3) is 0.938. The highest BCUT2D eigenvalue weighted by Crippen LogP contribution is 2.41. The Kier molecular flexibility index (Phi) is 7.44. The van der Waals surface area contributed by atoms with E-state index in [4.69, 9.17) is 0 Å². The lowest BCUT2D eigenvalue weighted by molar-refractivity contribution is -0.153. The van der Waals surface area contributed by atoms with Gasteiger partial charge in [0.1, 0.15) is 0 Å². The average molecular weight is 270 g/mol. The van der Waals surface area contributed by atoms with Crippen molar-refractivity contribution in [3.05, 3.63) is 0 Å². The van der Waals surface area contributed by atoms with E-state index in [2.05, 4.69) is 6.92 Å². The van der Waals surface area contributed by atoms with Crippen molar-refractivity contribution in [2.24, 2.45) is 5.41 Å². The third kappa shape index (κ3) is 5.52. The lowest BCUT2D eigenvalue weighted by atomic mass is 9.70. The lowest BCUT2D eigenvalue weighted by Gasteiger charge is -2.35. The summed E-state index contributed by atoms with van der Waals surface area (Å²) < 4.78 is 0. The molecule has 1 fully saturated rings. The normalized spacial score (nSPS) is 27.4. The topological polar surface area (TPSA) is 57.5 Å². The van der Waals surface area contributed by atoms with Crippen molar-refractivity contribution in [1.82, 2.24) is 0 Å². The van der Waals surface area contributed by atoms with Crippen molar-refractivity contribution in [3.63, 3.8) is 0 Å². The van der Waals surface area contributed by atoms with E-state index in [-0.39, 0.29) is 6.10 Å². The molecule has 1 aliphatic carbocycles. The second-order valence-corrected chi connectivity index (χ2v) is 6.19. The van der Waals surface area contributed by atoms with E-state index in [0.29, 0.717) is 25.7 Å². The second-order valence-electron chi connectivity index (χ2n) is 6.19. The Morgan fingerprint density at radius 1 is 1.05 bits per heavy atom. The van der Waals surface area contributed by atoms with E-state index in [1.54, 1.807) is 0 Å². The van der Waals surface area contributed by atoms with Gasteiger partial charge in [-0.3, -0.25) is 4.79 Å².